The summed E-state index contributed by atoms with van der Waals surface area (Å²) < 4.78 is 0. The minimum atomic E-state index is -0.122. The van der Waals surface area contributed by atoms with Crippen molar-refractivity contribution in [2.75, 3.05) is 11.9 Å². The maximum Gasteiger partial charge on any atom is 0.272 e. The van der Waals surface area contributed by atoms with E-state index in [0.29, 0.717) is 16.9 Å². The maximum atomic E-state index is 12.2. The van der Waals surface area contributed by atoms with Gasteiger partial charge >= 0.3 is 0 Å². The molecule has 5 nitrogen and oxygen atoms in total. The van der Waals surface area contributed by atoms with Crippen molar-refractivity contribution in [3.63, 3.8) is 0 Å². The molecule has 1 aromatic heterocycles. The van der Waals surface area contributed by atoms with Gasteiger partial charge in [-0.25, -0.2) is 0 Å². The number of carbonyl (C=O) groups excluding carboxylic acids is 1. The van der Waals surface area contributed by atoms with Gasteiger partial charge in [0.2, 0.25) is 0 Å². The molecule has 110 valence electrons. The van der Waals surface area contributed by atoms with E-state index < -0.39 is 0 Å². The van der Waals surface area contributed by atoms with Gasteiger partial charge in [0.25, 0.3) is 5.91 Å². The Hall–Kier alpha value is -1.65. The molecule has 0 radical (unpaired) electrons. The molecular formula is C15H24N4O. The summed E-state index contributed by atoms with van der Waals surface area (Å²) >= 11 is 0. The summed E-state index contributed by atoms with van der Waals surface area (Å²) in [6, 6.07) is 3.76. The predicted octanol–water partition coefficient (Wildman–Crippen LogP) is 2.61. The third-order valence-corrected chi connectivity index (χ3v) is 3.80. The number of anilines is 1. The Morgan fingerprint density at radius 1 is 1.40 bits per heavy atom. The van der Waals surface area contributed by atoms with Gasteiger partial charge in [0.15, 0.2) is 5.69 Å². The molecule has 1 aliphatic carbocycles. The number of nitrogens with zero attached hydrogens (tertiary/aromatic N) is 2. The minimum Gasteiger partial charge on any atom is -0.369 e. The molecule has 0 saturated heterocycles. The summed E-state index contributed by atoms with van der Waals surface area (Å²) in [7, 11) is 0. The number of aromatic nitrogens is 2. The fourth-order valence-electron chi connectivity index (χ4n) is 2.81. The highest BCUT2D eigenvalue weighted by molar-refractivity contribution is 5.92. The van der Waals surface area contributed by atoms with Gasteiger partial charge in [0.1, 0.15) is 5.82 Å². The lowest BCUT2D eigenvalue weighted by Crippen LogP contribution is -2.41. The van der Waals surface area contributed by atoms with Crippen LogP contribution >= 0.6 is 0 Å². The van der Waals surface area contributed by atoms with Crippen molar-refractivity contribution in [2.45, 2.75) is 52.5 Å². The van der Waals surface area contributed by atoms with Crippen LogP contribution in [0.4, 0.5) is 5.82 Å². The van der Waals surface area contributed by atoms with E-state index in [-0.39, 0.29) is 11.9 Å². The molecule has 1 heterocycles. The highest BCUT2D eigenvalue weighted by Crippen LogP contribution is 2.35. The summed E-state index contributed by atoms with van der Waals surface area (Å²) in [5, 5.41) is 14.1. The van der Waals surface area contributed by atoms with Crippen molar-refractivity contribution in [2.24, 2.45) is 5.41 Å². The summed E-state index contributed by atoms with van der Waals surface area (Å²) in [4.78, 5) is 12.2. The summed E-state index contributed by atoms with van der Waals surface area (Å²) in [5.41, 5.74) is 0.701. The van der Waals surface area contributed by atoms with Gasteiger partial charge in [-0.05, 0) is 43.7 Å². The number of rotatable bonds is 4. The lowest BCUT2D eigenvalue weighted by Gasteiger charge is -2.35. The Kier molecular flexibility index (Phi) is 4.57. The first kappa shape index (κ1) is 14.8. The van der Waals surface area contributed by atoms with E-state index in [1.807, 2.05) is 6.92 Å². The van der Waals surface area contributed by atoms with E-state index in [1.165, 1.54) is 12.8 Å². The van der Waals surface area contributed by atoms with E-state index >= 15 is 0 Å². The summed E-state index contributed by atoms with van der Waals surface area (Å²) in [5.74, 6) is 0.575. The van der Waals surface area contributed by atoms with Crippen LogP contribution in [0.15, 0.2) is 12.1 Å². The van der Waals surface area contributed by atoms with E-state index in [0.717, 1.165) is 19.4 Å². The second-order valence-electron chi connectivity index (χ2n) is 6.27. The molecule has 20 heavy (non-hydrogen) atoms. The van der Waals surface area contributed by atoms with Gasteiger partial charge in [-0.3, -0.25) is 4.79 Å². The molecular weight excluding hydrogens is 252 g/mol. The van der Waals surface area contributed by atoms with Gasteiger partial charge in [-0.2, -0.15) is 0 Å². The molecule has 0 aliphatic heterocycles. The maximum absolute atomic E-state index is 12.2. The molecule has 2 N–H and O–H groups in total. The van der Waals surface area contributed by atoms with Crippen molar-refractivity contribution in [1.82, 2.24) is 15.5 Å². The Bertz CT molecular complexity index is 455. The van der Waals surface area contributed by atoms with Gasteiger partial charge in [0, 0.05) is 12.6 Å². The van der Waals surface area contributed by atoms with E-state index in [2.05, 4.69) is 34.7 Å². The van der Waals surface area contributed by atoms with Gasteiger partial charge in [-0.1, -0.05) is 20.3 Å². The average molecular weight is 276 g/mol. The summed E-state index contributed by atoms with van der Waals surface area (Å²) in [6.07, 6.45) is 4.49. The standard InChI is InChI=1S/C15H24N4O/c1-4-16-13-8-7-12(18-19-13)14(20)17-11-6-5-9-15(2,3)10-11/h7-8,11H,4-6,9-10H2,1-3H3,(H,16,19)(H,17,20). The average Bonchev–Trinajstić information content (AvgIpc) is 2.38. The van der Waals surface area contributed by atoms with Crippen molar-refractivity contribution < 1.29 is 4.79 Å². The molecule has 1 amide bonds. The Morgan fingerprint density at radius 2 is 2.20 bits per heavy atom. The lowest BCUT2D eigenvalue weighted by molar-refractivity contribution is 0.0896. The van der Waals surface area contributed by atoms with Crippen molar-refractivity contribution in [3.05, 3.63) is 17.8 Å². The molecule has 1 atom stereocenters. The van der Waals surface area contributed by atoms with Crippen LogP contribution in [0.5, 0.6) is 0 Å². The number of hydrogen-bond donors (Lipinski definition) is 2. The van der Waals surface area contributed by atoms with Crippen LogP contribution in [0.25, 0.3) is 0 Å². The third-order valence-electron chi connectivity index (χ3n) is 3.80. The largest absolute Gasteiger partial charge is 0.369 e. The third kappa shape index (κ3) is 3.92. The highest BCUT2D eigenvalue weighted by atomic mass is 16.2. The lowest BCUT2D eigenvalue weighted by atomic mass is 9.75. The number of hydrogen-bond acceptors (Lipinski definition) is 4. The van der Waals surface area contributed by atoms with Gasteiger partial charge in [0.05, 0.1) is 0 Å². The number of carbonyl (C=O) groups is 1. The van der Waals surface area contributed by atoms with Crippen LogP contribution in [0.2, 0.25) is 0 Å². The fourth-order valence-corrected chi connectivity index (χ4v) is 2.81. The van der Waals surface area contributed by atoms with Crippen LogP contribution in [-0.4, -0.2) is 28.7 Å². The molecule has 0 spiro atoms. The number of amides is 1. The van der Waals surface area contributed by atoms with Gasteiger partial charge < -0.3 is 10.6 Å². The zero-order valence-corrected chi connectivity index (χ0v) is 12.6. The molecule has 1 unspecified atom stereocenters. The monoisotopic (exact) mass is 276 g/mol. The topological polar surface area (TPSA) is 66.9 Å². The van der Waals surface area contributed by atoms with Crippen molar-refractivity contribution in [1.29, 1.82) is 0 Å². The van der Waals surface area contributed by atoms with E-state index in [1.54, 1.807) is 12.1 Å². The van der Waals surface area contributed by atoms with Crippen LogP contribution < -0.4 is 10.6 Å². The quantitative estimate of drug-likeness (QED) is 0.887. The zero-order chi connectivity index (χ0) is 14.6. The van der Waals surface area contributed by atoms with Crippen LogP contribution in [0, 0.1) is 5.41 Å². The molecule has 1 saturated carbocycles. The fraction of sp³-hybridized carbons (Fsp3) is 0.667. The predicted molar refractivity (Wildman–Crippen MR) is 79.7 cm³/mol. The Balaban J connectivity index is 1.94. The highest BCUT2D eigenvalue weighted by Gasteiger charge is 2.29. The summed E-state index contributed by atoms with van der Waals surface area (Å²) in [6.45, 7) is 7.30. The minimum absolute atomic E-state index is 0.122. The first-order chi connectivity index (χ1) is 9.50. The van der Waals surface area contributed by atoms with Crippen molar-refractivity contribution >= 4 is 11.7 Å². The molecule has 1 fully saturated rings. The normalized spacial score (nSPS) is 21.2. The van der Waals surface area contributed by atoms with E-state index in [4.69, 9.17) is 0 Å². The van der Waals surface area contributed by atoms with Crippen LogP contribution in [0.1, 0.15) is 56.9 Å². The smallest absolute Gasteiger partial charge is 0.272 e. The Labute approximate surface area is 120 Å². The molecule has 1 aliphatic rings. The van der Waals surface area contributed by atoms with Crippen LogP contribution in [0.3, 0.4) is 0 Å². The van der Waals surface area contributed by atoms with Gasteiger partial charge in [-0.15, -0.1) is 10.2 Å². The SMILES string of the molecule is CCNc1ccc(C(=O)NC2CCCC(C)(C)C2)nn1. The molecule has 0 bridgehead atoms. The molecule has 0 aromatic carbocycles. The second kappa shape index (κ2) is 6.20. The first-order valence-electron chi connectivity index (χ1n) is 7.38. The van der Waals surface area contributed by atoms with Crippen LogP contribution in [-0.2, 0) is 0 Å². The van der Waals surface area contributed by atoms with E-state index in [9.17, 15) is 4.79 Å². The molecule has 1 aromatic rings. The van der Waals surface area contributed by atoms with Crippen molar-refractivity contribution in [3.8, 4) is 0 Å². The second-order valence-corrected chi connectivity index (χ2v) is 6.27. The zero-order valence-electron chi connectivity index (χ0n) is 12.6. The molecule has 5 heteroatoms. The number of nitrogens with one attached hydrogen (secondary N) is 2. The first-order valence-corrected chi connectivity index (χ1v) is 7.38. The Morgan fingerprint density at radius 3 is 2.80 bits per heavy atom. The molecule has 2 rings (SSSR count).